The Balaban J connectivity index is 2.19. The van der Waals surface area contributed by atoms with Gasteiger partial charge in [0, 0.05) is 55.1 Å². The molecule has 26 heavy (non-hydrogen) atoms. The van der Waals surface area contributed by atoms with E-state index in [4.69, 9.17) is 11.8 Å². The van der Waals surface area contributed by atoms with Crippen LogP contribution in [-0.4, -0.2) is 49.8 Å². The van der Waals surface area contributed by atoms with Gasteiger partial charge in [-0.15, -0.1) is 0 Å². The molecule has 0 aliphatic heterocycles. The number of imide groups is 1. The third-order valence-electron chi connectivity index (χ3n) is 3.55. The summed E-state index contributed by atoms with van der Waals surface area (Å²) in [5, 5.41) is 3.94. The van der Waals surface area contributed by atoms with Crippen LogP contribution >= 0.6 is 23.5 Å². The van der Waals surface area contributed by atoms with E-state index in [2.05, 4.69) is 10.1 Å². The molecule has 0 aliphatic carbocycles. The maximum atomic E-state index is 12.8. The van der Waals surface area contributed by atoms with Gasteiger partial charge in [0.1, 0.15) is 0 Å². The van der Waals surface area contributed by atoms with Crippen LogP contribution in [-0.2, 0) is 0 Å². The van der Waals surface area contributed by atoms with Crippen molar-refractivity contribution in [3.05, 3.63) is 30.6 Å². The number of hydrogen-bond donors (Lipinski definition) is 0. The van der Waals surface area contributed by atoms with Crippen LogP contribution in [0.3, 0.4) is 0 Å². The van der Waals surface area contributed by atoms with Crippen LogP contribution in [0.5, 0.6) is 0 Å². The zero-order chi connectivity index (χ0) is 19.3. The molecular weight excluding hydrogens is 374 g/mol. The second kappa shape index (κ2) is 9.05. The van der Waals surface area contributed by atoms with Gasteiger partial charge in [0.05, 0.1) is 5.69 Å². The molecule has 2 rings (SSSR count). The van der Waals surface area contributed by atoms with Crippen molar-refractivity contribution >= 4 is 40.6 Å². The number of urea groups is 1. The molecule has 0 fully saturated rings. The number of carbonyl (C=O) groups excluding carboxylic acids is 2. The van der Waals surface area contributed by atoms with E-state index in [1.807, 2.05) is 19.9 Å². The first-order valence-corrected chi connectivity index (χ1v) is 9.56. The highest BCUT2D eigenvalue weighted by Crippen LogP contribution is 2.25. The van der Waals surface area contributed by atoms with Crippen molar-refractivity contribution < 1.29 is 9.59 Å². The minimum absolute atomic E-state index is 0.272. The molecule has 2 aromatic rings. The topological polar surface area (TPSA) is 71.3 Å². The summed E-state index contributed by atoms with van der Waals surface area (Å²) >= 11 is 7.29. The molecule has 0 unspecified atom stereocenters. The molecule has 0 saturated carbocycles. The first-order valence-electron chi connectivity index (χ1n) is 8.23. The van der Waals surface area contributed by atoms with Gasteiger partial charge in [0.15, 0.2) is 5.82 Å². The van der Waals surface area contributed by atoms with Crippen molar-refractivity contribution in [1.82, 2.24) is 19.2 Å². The molecule has 7 nitrogen and oxygen atoms in total. The molecular formula is C17H22ClN5O2S. The van der Waals surface area contributed by atoms with Crippen molar-refractivity contribution in [2.75, 3.05) is 24.2 Å². The van der Waals surface area contributed by atoms with E-state index in [0.717, 1.165) is 21.5 Å². The average molecular weight is 396 g/mol. The number of nitrogens with zero attached hydrogens (tertiary/aromatic N) is 5. The first-order chi connectivity index (χ1) is 12.3. The Morgan fingerprint density at radius 1 is 1.38 bits per heavy atom. The number of aromatic nitrogens is 3. The van der Waals surface area contributed by atoms with Crippen LogP contribution in [0.4, 0.5) is 15.4 Å². The number of carbonyl (C=O) groups is 2. The smallest absolute Gasteiger partial charge is 0.280 e. The van der Waals surface area contributed by atoms with Gasteiger partial charge in [0.25, 0.3) is 5.24 Å². The van der Waals surface area contributed by atoms with E-state index < -0.39 is 6.03 Å². The van der Waals surface area contributed by atoms with E-state index >= 15 is 0 Å². The van der Waals surface area contributed by atoms with Gasteiger partial charge in [-0.25, -0.2) is 4.79 Å². The zero-order valence-corrected chi connectivity index (χ0v) is 16.8. The summed E-state index contributed by atoms with van der Waals surface area (Å²) < 4.78 is 1.10. The molecule has 0 aromatic carbocycles. The monoisotopic (exact) mass is 395 g/mol. The van der Waals surface area contributed by atoms with Crippen LogP contribution in [0.1, 0.15) is 20.8 Å². The Hall–Kier alpha value is -2.06. The number of amides is 3. The maximum absolute atomic E-state index is 12.8. The Morgan fingerprint density at radius 3 is 2.69 bits per heavy atom. The predicted molar refractivity (Wildman–Crippen MR) is 106 cm³/mol. The highest BCUT2D eigenvalue weighted by Gasteiger charge is 2.27. The fraction of sp³-hybridized carbons (Fsp3) is 0.412. The lowest BCUT2D eigenvalue weighted by molar-refractivity contribution is 0.207. The van der Waals surface area contributed by atoms with Crippen molar-refractivity contribution in [2.45, 2.75) is 20.8 Å². The Bertz CT molecular complexity index is 766. The third kappa shape index (κ3) is 4.76. The molecule has 0 aliphatic rings. The summed E-state index contributed by atoms with van der Waals surface area (Å²) in [5.74, 6) is 1.39. The molecule has 0 atom stereocenters. The predicted octanol–water partition coefficient (Wildman–Crippen LogP) is 4.33. The molecule has 0 radical (unpaired) electrons. The van der Waals surface area contributed by atoms with Crippen LogP contribution in [0.15, 0.2) is 30.6 Å². The number of hydrogen-bond acceptors (Lipinski definition) is 5. The summed E-state index contributed by atoms with van der Waals surface area (Å²) in [4.78, 5) is 31.7. The minimum Gasteiger partial charge on any atom is -0.280 e. The van der Waals surface area contributed by atoms with Crippen molar-refractivity contribution in [3.63, 3.8) is 0 Å². The van der Waals surface area contributed by atoms with Crippen molar-refractivity contribution in [3.8, 4) is 11.3 Å². The number of thioether (sulfide) groups is 1. The standard InChI is InChI=1S/C17H22ClN5O2S/c1-5-22(17(25)26-11-12(2)3)16(24)21(4)15-9-14(20-23(15)18)13-7-6-8-19-10-13/h6-10,12H,5,11H2,1-4H3. The largest absolute Gasteiger partial charge is 0.332 e. The van der Waals surface area contributed by atoms with Gasteiger partial charge < -0.3 is 0 Å². The minimum atomic E-state index is -0.451. The molecule has 2 aromatic heterocycles. The number of halogens is 1. The molecule has 0 N–H and O–H groups in total. The summed E-state index contributed by atoms with van der Waals surface area (Å²) in [5.41, 5.74) is 1.37. The quantitative estimate of drug-likeness (QED) is 0.753. The zero-order valence-electron chi connectivity index (χ0n) is 15.2. The molecule has 3 amide bonds. The van der Waals surface area contributed by atoms with Crippen LogP contribution < -0.4 is 4.90 Å². The third-order valence-corrected chi connectivity index (χ3v) is 5.10. The fourth-order valence-electron chi connectivity index (χ4n) is 2.16. The molecule has 140 valence electrons. The maximum Gasteiger partial charge on any atom is 0.332 e. The van der Waals surface area contributed by atoms with Gasteiger partial charge in [-0.1, -0.05) is 25.6 Å². The average Bonchev–Trinajstić information content (AvgIpc) is 3.02. The summed E-state index contributed by atoms with van der Waals surface area (Å²) in [6.07, 6.45) is 3.33. The van der Waals surface area contributed by atoms with E-state index in [-0.39, 0.29) is 11.8 Å². The lowest BCUT2D eigenvalue weighted by Gasteiger charge is -2.24. The lowest BCUT2D eigenvalue weighted by Crippen LogP contribution is -2.43. The highest BCUT2D eigenvalue weighted by atomic mass is 35.5. The Kier molecular flexibility index (Phi) is 7.05. The molecule has 0 bridgehead atoms. The van der Waals surface area contributed by atoms with Crippen LogP contribution in [0.25, 0.3) is 11.3 Å². The van der Waals surface area contributed by atoms with Crippen molar-refractivity contribution in [1.29, 1.82) is 0 Å². The fourth-order valence-corrected chi connectivity index (χ4v) is 3.25. The number of rotatable bonds is 5. The van der Waals surface area contributed by atoms with Gasteiger partial charge in [-0.2, -0.15) is 9.30 Å². The lowest BCUT2D eigenvalue weighted by atomic mass is 10.2. The van der Waals surface area contributed by atoms with Gasteiger partial charge in [0.2, 0.25) is 0 Å². The SMILES string of the molecule is CCN(C(=O)SCC(C)C)C(=O)N(C)c1cc(-c2cccnc2)nn1Cl. The van der Waals surface area contributed by atoms with Crippen LogP contribution in [0, 0.1) is 5.92 Å². The Morgan fingerprint density at radius 2 is 2.12 bits per heavy atom. The molecule has 2 heterocycles. The van der Waals surface area contributed by atoms with Gasteiger partial charge in [-0.3, -0.25) is 19.6 Å². The van der Waals surface area contributed by atoms with E-state index in [9.17, 15) is 9.59 Å². The molecule has 0 spiro atoms. The second-order valence-electron chi connectivity index (χ2n) is 6.05. The van der Waals surface area contributed by atoms with Crippen LogP contribution in [0.2, 0.25) is 0 Å². The summed E-state index contributed by atoms with van der Waals surface area (Å²) in [7, 11) is 1.56. The summed E-state index contributed by atoms with van der Waals surface area (Å²) in [6, 6.07) is 4.87. The Labute approximate surface area is 162 Å². The normalized spacial score (nSPS) is 10.8. The summed E-state index contributed by atoms with van der Waals surface area (Å²) in [6.45, 7) is 6.09. The molecule has 9 heteroatoms. The number of anilines is 1. The highest BCUT2D eigenvalue weighted by molar-refractivity contribution is 8.13. The van der Waals surface area contributed by atoms with Crippen molar-refractivity contribution in [2.24, 2.45) is 5.92 Å². The van der Waals surface area contributed by atoms with E-state index in [1.54, 1.807) is 38.5 Å². The second-order valence-corrected chi connectivity index (χ2v) is 7.34. The molecule has 0 saturated heterocycles. The first kappa shape index (κ1) is 20.3. The van der Waals surface area contributed by atoms with Gasteiger partial charge >= 0.3 is 6.03 Å². The van der Waals surface area contributed by atoms with Gasteiger partial charge in [-0.05, 0) is 25.0 Å². The van der Waals surface area contributed by atoms with E-state index in [0.29, 0.717) is 23.2 Å². The number of pyridine rings is 1. The van der Waals surface area contributed by atoms with E-state index in [1.165, 1.54) is 9.80 Å².